The Balaban J connectivity index is 2.16. The van der Waals surface area contributed by atoms with Crippen molar-refractivity contribution in [3.8, 4) is 0 Å². The molecular weight excluding hydrogens is 214 g/mol. The molecule has 0 aromatic heterocycles. The maximum atomic E-state index is 11.9. The van der Waals surface area contributed by atoms with Gasteiger partial charge >= 0.3 is 6.03 Å². The number of urea groups is 1. The minimum Gasteiger partial charge on any atom is -0.335 e. The number of amides is 2. The van der Waals surface area contributed by atoms with E-state index in [1.807, 2.05) is 7.05 Å². The van der Waals surface area contributed by atoms with Gasteiger partial charge in [-0.1, -0.05) is 19.3 Å². The molecule has 1 N–H and O–H groups in total. The Bertz CT molecular complexity index is 225. The van der Waals surface area contributed by atoms with Crippen molar-refractivity contribution >= 4 is 6.03 Å². The number of hydrogen-bond acceptors (Lipinski definition) is 2. The molecule has 0 radical (unpaired) electrons. The van der Waals surface area contributed by atoms with Gasteiger partial charge in [0, 0.05) is 19.6 Å². The second kappa shape index (κ2) is 7.54. The normalized spacial score (nSPS) is 17.2. The summed E-state index contributed by atoms with van der Waals surface area (Å²) >= 11 is 0. The van der Waals surface area contributed by atoms with Crippen molar-refractivity contribution in [2.45, 2.75) is 44.6 Å². The molecule has 17 heavy (non-hydrogen) atoms. The van der Waals surface area contributed by atoms with E-state index in [0.717, 1.165) is 32.4 Å². The van der Waals surface area contributed by atoms with Crippen LogP contribution in [0.2, 0.25) is 0 Å². The van der Waals surface area contributed by atoms with Crippen LogP contribution in [0.5, 0.6) is 0 Å². The third kappa shape index (κ3) is 5.91. The number of nitrogens with zero attached hydrogens (tertiary/aromatic N) is 2. The molecule has 0 heterocycles. The molecule has 1 aliphatic carbocycles. The molecule has 0 unspecified atom stereocenters. The third-order valence-corrected chi connectivity index (χ3v) is 3.38. The van der Waals surface area contributed by atoms with Gasteiger partial charge in [0.25, 0.3) is 0 Å². The smallest absolute Gasteiger partial charge is 0.317 e. The lowest BCUT2D eigenvalue weighted by Crippen LogP contribution is -2.44. The zero-order chi connectivity index (χ0) is 12.7. The van der Waals surface area contributed by atoms with Crippen molar-refractivity contribution < 1.29 is 4.79 Å². The second-order valence-electron chi connectivity index (χ2n) is 5.36. The van der Waals surface area contributed by atoms with Gasteiger partial charge < -0.3 is 15.1 Å². The number of hydrogen-bond donors (Lipinski definition) is 1. The van der Waals surface area contributed by atoms with Crippen LogP contribution < -0.4 is 5.32 Å². The van der Waals surface area contributed by atoms with Crippen LogP contribution in [0, 0.1) is 0 Å². The van der Waals surface area contributed by atoms with Crippen molar-refractivity contribution in [2.24, 2.45) is 0 Å². The highest BCUT2D eigenvalue weighted by Gasteiger charge is 2.17. The van der Waals surface area contributed by atoms with Crippen LogP contribution >= 0.6 is 0 Å². The van der Waals surface area contributed by atoms with Crippen LogP contribution in [0.3, 0.4) is 0 Å². The molecule has 0 atom stereocenters. The molecule has 100 valence electrons. The lowest BCUT2D eigenvalue weighted by molar-refractivity contribution is 0.198. The Labute approximate surface area is 105 Å². The van der Waals surface area contributed by atoms with Crippen molar-refractivity contribution in [2.75, 3.05) is 34.2 Å². The van der Waals surface area contributed by atoms with Gasteiger partial charge in [0.2, 0.25) is 0 Å². The first-order chi connectivity index (χ1) is 8.09. The first-order valence-electron chi connectivity index (χ1n) is 6.76. The molecular formula is C13H27N3O. The summed E-state index contributed by atoms with van der Waals surface area (Å²) in [6.07, 6.45) is 7.17. The van der Waals surface area contributed by atoms with Crippen LogP contribution in [0.15, 0.2) is 0 Å². The quantitative estimate of drug-likeness (QED) is 0.798. The molecule has 4 heteroatoms. The van der Waals surface area contributed by atoms with Gasteiger partial charge in [-0.25, -0.2) is 4.79 Å². The van der Waals surface area contributed by atoms with E-state index in [0.29, 0.717) is 6.04 Å². The molecule has 2 amide bonds. The summed E-state index contributed by atoms with van der Waals surface area (Å²) in [5.41, 5.74) is 0. The van der Waals surface area contributed by atoms with Crippen LogP contribution in [-0.4, -0.2) is 56.1 Å². The molecule has 1 fully saturated rings. The van der Waals surface area contributed by atoms with Crippen LogP contribution in [0.4, 0.5) is 4.79 Å². The SMILES string of the molecule is CN(C)CCCN(C)C(=O)NC1CCCCC1. The second-order valence-corrected chi connectivity index (χ2v) is 5.36. The van der Waals surface area contributed by atoms with Gasteiger partial charge in [-0.15, -0.1) is 0 Å². The van der Waals surface area contributed by atoms with Gasteiger partial charge in [-0.3, -0.25) is 0 Å². The van der Waals surface area contributed by atoms with Crippen molar-refractivity contribution in [1.29, 1.82) is 0 Å². The average molecular weight is 241 g/mol. The Morgan fingerprint density at radius 2 is 1.76 bits per heavy atom. The van der Waals surface area contributed by atoms with E-state index in [2.05, 4.69) is 24.3 Å². The number of rotatable bonds is 5. The summed E-state index contributed by atoms with van der Waals surface area (Å²) in [5.74, 6) is 0. The standard InChI is InChI=1S/C13H27N3O/c1-15(2)10-7-11-16(3)13(17)14-12-8-5-4-6-9-12/h12H,4-11H2,1-3H3,(H,14,17). The fraction of sp³-hybridized carbons (Fsp3) is 0.923. The van der Waals surface area contributed by atoms with E-state index >= 15 is 0 Å². The summed E-state index contributed by atoms with van der Waals surface area (Å²) in [6, 6.07) is 0.503. The minimum atomic E-state index is 0.0932. The van der Waals surface area contributed by atoms with E-state index < -0.39 is 0 Å². The van der Waals surface area contributed by atoms with Crippen LogP contribution in [0.25, 0.3) is 0 Å². The maximum absolute atomic E-state index is 11.9. The minimum absolute atomic E-state index is 0.0932. The van der Waals surface area contributed by atoms with Crippen molar-refractivity contribution in [3.63, 3.8) is 0 Å². The van der Waals surface area contributed by atoms with E-state index in [1.54, 1.807) is 4.90 Å². The molecule has 0 aliphatic heterocycles. The number of carbonyl (C=O) groups excluding carboxylic acids is 1. The van der Waals surface area contributed by atoms with Gasteiger partial charge in [-0.2, -0.15) is 0 Å². The van der Waals surface area contributed by atoms with E-state index in [-0.39, 0.29) is 6.03 Å². The van der Waals surface area contributed by atoms with Gasteiger partial charge in [0.1, 0.15) is 0 Å². The molecule has 1 saturated carbocycles. The van der Waals surface area contributed by atoms with E-state index in [1.165, 1.54) is 19.3 Å². The summed E-state index contributed by atoms with van der Waals surface area (Å²) in [5, 5.41) is 3.13. The molecule has 1 rings (SSSR count). The van der Waals surface area contributed by atoms with E-state index in [9.17, 15) is 4.79 Å². The summed E-state index contributed by atoms with van der Waals surface area (Å²) in [7, 11) is 6.00. The zero-order valence-corrected chi connectivity index (χ0v) is 11.5. The Morgan fingerprint density at radius 3 is 2.35 bits per heavy atom. The highest BCUT2D eigenvalue weighted by atomic mass is 16.2. The molecule has 0 aromatic carbocycles. The number of carbonyl (C=O) groups is 1. The van der Waals surface area contributed by atoms with Gasteiger partial charge in [0.05, 0.1) is 0 Å². The van der Waals surface area contributed by atoms with Gasteiger partial charge in [-0.05, 0) is 39.9 Å². The van der Waals surface area contributed by atoms with E-state index in [4.69, 9.17) is 0 Å². The van der Waals surface area contributed by atoms with Crippen molar-refractivity contribution in [3.05, 3.63) is 0 Å². The highest BCUT2D eigenvalue weighted by molar-refractivity contribution is 5.74. The molecule has 4 nitrogen and oxygen atoms in total. The first-order valence-corrected chi connectivity index (χ1v) is 6.76. The topological polar surface area (TPSA) is 35.6 Å². The van der Waals surface area contributed by atoms with Crippen LogP contribution in [0.1, 0.15) is 38.5 Å². The van der Waals surface area contributed by atoms with Gasteiger partial charge in [0.15, 0.2) is 0 Å². The predicted molar refractivity (Wildman–Crippen MR) is 71.2 cm³/mol. The summed E-state index contributed by atoms with van der Waals surface area (Å²) in [4.78, 5) is 15.8. The average Bonchev–Trinajstić information content (AvgIpc) is 2.29. The monoisotopic (exact) mass is 241 g/mol. The molecule has 0 spiro atoms. The molecule has 0 saturated heterocycles. The summed E-state index contributed by atoms with van der Waals surface area (Å²) < 4.78 is 0. The predicted octanol–water partition coefficient (Wildman–Crippen LogP) is 1.91. The largest absolute Gasteiger partial charge is 0.335 e. The van der Waals surface area contributed by atoms with Crippen molar-refractivity contribution in [1.82, 2.24) is 15.1 Å². The molecule has 1 aliphatic rings. The Hall–Kier alpha value is -0.770. The Kier molecular flexibility index (Phi) is 6.34. The summed E-state index contributed by atoms with van der Waals surface area (Å²) in [6.45, 7) is 1.86. The fourth-order valence-electron chi connectivity index (χ4n) is 2.26. The number of nitrogens with one attached hydrogen (secondary N) is 1. The van der Waals surface area contributed by atoms with Crippen LogP contribution in [-0.2, 0) is 0 Å². The third-order valence-electron chi connectivity index (χ3n) is 3.38. The first kappa shape index (κ1) is 14.3. The Morgan fingerprint density at radius 1 is 1.12 bits per heavy atom. The maximum Gasteiger partial charge on any atom is 0.317 e. The lowest BCUT2D eigenvalue weighted by Gasteiger charge is -2.26. The fourth-order valence-corrected chi connectivity index (χ4v) is 2.26. The molecule has 0 bridgehead atoms. The zero-order valence-electron chi connectivity index (χ0n) is 11.5. The lowest BCUT2D eigenvalue weighted by atomic mass is 9.96. The highest BCUT2D eigenvalue weighted by Crippen LogP contribution is 2.17. The molecule has 0 aromatic rings.